The van der Waals surface area contributed by atoms with Crippen molar-refractivity contribution in [1.82, 2.24) is 0 Å². The van der Waals surface area contributed by atoms with Crippen molar-refractivity contribution in [3.63, 3.8) is 0 Å². The van der Waals surface area contributed by atoms with Crippen LogP contribution in [0.1, 0.15) is 0 Å². The molecule has 70 valence electrons. The summed E-state index contributed by atoms with van der Waals surface area (Å²) in [4.78, 5) is 11.0. The van der Waals surface area contributed by atoms with E-state index in [2.05, 4.69) is 22.6 Å². The molecule has 1 aromatic heterocycles. The summed E-state index contributed by atoms with van der Waals surface area (Å²) in [6, 6.07) is 12.8. The molecule has 0 fully saturated rings. The van der Waals surface area contributed by atoms with Crippen molar-refractivity contribution in [3.05, 3.63) is 56.5 Å². The molecule has 0 saturated heterocycles. The van der Waals surface area contributed by atoms with E-state index in [0.29, 0.717) is 5.76 Å². The van der Waals surface area contributed by atoms with E-state index in [1.54, 1.807) is 6.07 Å². The van der Waals surface area contributed by atoms with Gasteiger partial charge in [0.25, 0.3) is 0 Å². The summed E-state index contributed by atoms with van der Waals surface area (Å²) in [6.07, 6.45) is 0. The minimum absolute atomic E-state index is 0.315. The monoisotopic (exact) mass is 298 g/mol. The maximum Gasteiger partial charge on any atom is 0.336 e. The van der Waals surface area contributed by atoms with E-state index in [1.165, 1.54) is 6.07 Å². The van der Waals surface area contributed by atoms with Gasteiger partial charge >= 0.3 is 5.63 Å². The molecule has 2 rings (SSSR count). The Hall–Kier alpha value is -1.10. The summed E-state index contributed by atoms with van der Waals surface area (Å²) in [6.45, 7) is 0. The third kappa shape index (κ3) is 1.87. The van der Waals surface area contributed by atoms with Crippen LogP contribution in [0.15, 0.2) is 51.7 Å². The van der Waals surface area contributed by atoms with Crippen LogP contribution in [0.4, 0.5) is 0 Å². The van der Waals surface area contributed by atoms with Crippen LogP contribution in [0.25, 0.3) is 11.3 Å². The predicted molar refractivity (Wildman–Crippen MR) is 63.1 cm³/mol. The zero-order valence-electron chi connectivity index (χ0n) is 7.24. The van der Waals surface area contributed by atoms with Crippen LogP contribution < -0.4 is 5.63 Å². The molecule has 0 aliphatic rings. The van der Waals surface area contributed by atoms with Crippen LogP contribution >= 0.6 is 22.6 Å². The van der Waals surface area contributed by atoms with Gasteiger partial charge in [0.05, 0.1) is 3.57 Å². The maximum atomic E-state index is 11.0. The van der Waals surface area contributed by atoms with E-state index in [9.17, 15) is 4.79 Å². The lowest BCUT2D eigenvalue weighted by molar-refractivity contribution is 0.523. The maximum absolute atomic E-state index is 11.0. The fourth-order valence-electron chi connectivity index (χ4n) is 1.19. The lowest BCUT2D eigenvalue weighted by Gasteiger charge is -2.00. The lowest BCUT2D eigenvalue weighted by atomic mass is 10.2. The second kappa shape index (κ2) is 3.96. The first-order valence-electron chi connectivity index (χ1n) is 4.12. The van der Waals surface area contributed by atoms with Crippen molar-refractivity contribution in [3.8, 4) is 11.3 Å². The van der Waals surface area contributed by atoms with Crippen LogP contribution in [-0.4, -0.2) is 0 Å². The molecule has 0 spiro atoms. The molecule has 0 unspecified atom stereocenters. The molecule has 2 aromatic rings. The fourth-order valence-corrected chi connectivity index (χ4v) is 1.79. The molecule has 0 atom stereocenters. The molecule has 1 heterocycles. The third-order valence-corrected chi connectivity index (χ3v) is 2.67. The van der Waals surface area contributed by atoms with Crippen molar-refractivity contribution in [1.29, 1.82) is 0 Å². The number of hydrogen-bond donors (Lipinski definition) is 0. The highest BCUT2D eigenvalue weighted by Crippen LogP contribution is 2.22. The average Bonchev–Trinajstić information content (AvgIpc) is 2.23. The highest BCUT2D eigenvalue weighted by Gasteiger charge is 2.04. The van der Waals surface area contributed by atoms with Crippen molar-refractivity contribution in [2.24, 2.45) is 0 Å². The smallest absolute Gasteiger partial charge is 0.336 e. The molecule has 0 aliphatic carbocycles. The van der Waals surface area contributed by atoms with Gasteiger partial charge in [-0.25, -0.2) is 4.79 Å². The molecule has 1 aromatic carbocycles. The highest BCUT2D eigenvalue weighted by molar-refractivity contribution is 14.1. The highest BCUT2D eigenvalue weighted by atomic mass is 127. The van der Waals surface area contributed by atoms with Gasteiger partial charge in [0.2, 0.25) is 0 Å². The Kier molecular flexibility index (Phi) is 2.67. The molecule has 0 radical (unpaired) electrons. The van der Waals surface area contributed by atoms with Crippen molar-refractivity contribution < 1.29 is 4.42 Å². The zero-order valence-corrected chi connectivity index (χ0v) is 9.39. The Morgan fingerprint density at radius 1 is 1.00 bits per heavy atom. The summed E-state index contributed by atoms with van der Waals surface area (Å²) in [7, 11) is 0. The quantitative estimate of drug-likeness (QED) is 0.758. The molecular weight excluding hydrogens is 291 g/mol. The van der Waals surface area contributed by atoms with Gasteiger partial charge in [-0.15, -0.1) is 0 Å². The van der Waals surface area contributed by atoms with Crippen molar-refractivity contribution in [2.75, 3.05) is 0 Å². The van der Waals surface area contributed by atoms with E-state index in [4.69, 9.17) is 4.42 Å². The van der Waals surface area contributed by atoms with Gasteiger partial charge in [0.1, 0.15) is 0 Å². The second-order valence-electron chi connectivity index (χ2n) is 2.80. The third-order valence-electron chi connectivity index (χ3n) is 1.82. The normalized spacial score (nSPS) is 10.1. The topological polar surface area (TPSA) is 30.2 Å². The van der Waals surface area contributed by atoms with Gasteiger partial charge in [0, 0.05) is 11.6 Å². The van der Waals surface area contributed by atoms with E-state index in [0.717, 1.165) is 9.13 Å². The molecule has 14 heavy (non-hydrogen) atoms. The van der Waals surface area contributed by atoms with Crippen molar-refractivity contribution >= 4 is 22.6 Å². The van der Waals surface area contributed by atoms with Crippen LogP contribution in [-0.2, 0) is 0 Å². The van der Waals surface area contributed by atoms with Gasteiger partial charge in [-0.2, -0.15) is 0 Å². The standard InChI is InChI=1S/C11H7IO2/c12-9-6-7-10(13)14-11(9)8-4-2-1-3-5-8/h1-7H. The van der Waals surface area contributed by atoms with Gasteiger partial charge in [0.15, 0.2) is 5.76 Å². The zero-order chi connectivity index (χ0) is 9.97. The average molecular weight is 298 g/mol. The van der Waals surface area contributed by atoms with E-state index >= 15 is 0 Å². The minimum Gasteiger partial charge on any atom is -0.422 e. The van der Waals surface area contributed by atoms with Gasteiger partial charge in [-0.3, -0.25) is 0 Å². The van der Waals surface area contributed by atoms with E-state index in [-0.39, 0.29) is 5.63 Å². The largest absolute Gasteiger partial charge is 0.422 e. The first kappa shape index (κ1) is 9.45. The Bertz CT molecular complexity index is 488. The summed E-state index contributed by atoms with van der Waals surface area (Å²) in [5.41, 5.74) is 0.610. The molecule has 3 heteroatoms. The summed E-state index contributed by atoms with van der Waals surface area (Å²) < 4.78 is 6.07. The van der Waals surface area contributed by atoms with E-state index < -0.39 is 0 Å². The van der Waals surface area contributed by atoms with E-state index in [1.807, 2.05) is 30.3 Å². The molecule has 0 N–H and O–H groups in total. The Morgan fingerprint density at radius 3 is 2.43 bits per heavy atom. The second-order valence-corrected chi connectivity index (χ2v) is 3.96. The number of hydrogen-bond acceptors (Lipinski definition) is 2. The number of benzene rings is 1. The molecule has 0 saturated carbocycles. The Balaban J connectivity index is 2.62. The first-order valence-corrected chi connectivity index (χ1v) is 5.20. The van der Waals surface area contributed by atoms with Gasteiger partial charge in [-0.05, 0) is 28.7 Å². The van der Waals surface area contributed by atoms with Crippen LogP contribution in [0.3, 0.4) is 0 Å². The number of halogens is 1. The van der Waals surface area contributed by atoms with Crippen LogP contribution in [0.2, 0.25) is 0 Å². The molecule has 0 aliphatic heterocycles. The SMILES string of the molecule is O=c1ccc(I)c(-c2ccccc2)o1. The molecule has 0 bridgehead atoms. The van der Waals surface area contributed by atoms with Crippen LogP contribution in [0.5, 0.6) is 0 Å². The first-order chi connectivity index (χ1) is 6.77. The Morgan fingerprint density at radius 2 is 1.71 bits per heavy atom. The van der Waals surface area contributed by atoms with Crippen molar-refractivity contribution in [2.45, 2.75) is 0 Å². The fraction of sp³-hybridized carbons (Fsp3) is 0. The predicted octanol–water partition coefficient (Wildman–Crippen LogP) is 2.91. The van der Waals surface area contributed by atoms with Gasteiger partial charge in [-0.1, -0.05) is 30.3 Å². The number of rotatable bonds is 1. The molecule has 0 amide bonds. The summed E-state index contributed by atoms with van der Waals surface area (Å²) >= 11 is 2.15. The van der Waals surface area contributed by atoms with Gasteiger partial charge < -0.3 is 4.42 Å². The summed E-state index contributed by atoms with van der Waals surface area (Å²) in [5, 5.41) is 0. The lowest BCUT2D eigenvalue weighted by Crippen LogP contribution is -1.97. The Labute approximate surface area is 94.7 Å². The molecular formula is C11H7IO2. The van der Waals surface area contributed by atoms with Crippen LogP contribution in [0, 0.1) is 3.57 Å². The minimum atomic E-state index is -0.315. The summed E-state index contributed by atoms with van der Waals surface area (Å²) in [5.74, 6) is 0.638. The molecule has 2 nitrogen and oxygen atoms in total.